The molecule has 0 heterocycles. The van der Waals surface area contributed by atoms with Crippen LogP contribution in [-0.2, 0) is 0 Å². The number of aryl methyl sites for hydroxylation is 1. The molecule has 4 heteroatoms. The lowest BCUT2D eigenvalue weighted by Crippen LogP contribution is -2.21. The second-order valence-electron chi connectivity index (χ2n) is 3.08. The highest BCUT2D eigenvalue weighted by Crippen LogP contribution is 2.22. The van der Waals surface area contributed by atoms with Crippen LogP contribution in [0.25, 0.3) is 0 Å². The number of benzene rings is 1. The van der Waals surface area contributed by atoms with Crippen molar-refractivity contribution in [3.8, 4) is 5.75 Å². The van der Waals surface area contributed by atoms with Crippen LogP contribution in [0.1, 0.15) is 5.56 Å². The Morgan fingerprint density at radius 2 is 2.29 bits per heavy atom. The molecule has 0 bridgehead atoms. The highest BCUT2D eigenvalue weighted by Gasteiger charge is 2.07. The maximum atomic E-state index is 9.14. The van der Waals surface area contributed by atoms with E-state index in [1.807, 2.05) is 25.1 Å². The highest BCUT2D eigenvalue weighted by atomic mass is 79.9. The maximum Gasteiger partial charge on any atom is 0.173 e. The quantitative estimate of drug-likeness (QED) is 0.829. The lowest BCUT2D eigenvalue weighted by Gasteiger charge is -2.10. The topological polar surface area (TPSA) is 52.4 Å². The van der Waals surface area contributed by atoms with Gasteiger partial charge in [0.25, 0.3) is 0 Å². The van der Waals surface area contributed by atoms with Crippen molar-refractivity contribution in [1.29, 1.82) is 0 Å². The standard InChI is InChI=1S/C10H13BrO3/c1-7-4-8(11)2-3-10(7)14-6-9(13)5-12/h2-4,9,12-13H,5-6H2,1H3/p+1/t9-/m1/s1. The van der Waals surface area contributed by atoms with Crippen molar-refractivity contribution in [3.05, 3.63) is 28.2 Å². The van der Waals surface area contributed by atoms with Crippen molar-refractivity contribution in [3.63, 3.8) is 0 Å². The van der Waals surface area contributed by atoms with Crippen molar-refractivity contribution < 1.29 is 14.9 Å². The third-order valence-electron chi connectivity index (χ3n) is 1.80. The number of rotatable bonds is 4. The second-order valence-corrected chi connectivity index (χ2v) is 3.99. The largest absolute Gasteiger partial charge is 0.490 e. The van der Waals surface area contributed by atoms with E-state index in [1.165, 1.54) is 0 Å². The zero-order valence-electron chi connectivity index (χ0n) is 7.96. The van der Waals surface area contributed by atoms with Crippen LogP contribution in [0.15, 0.2) is 22.7 Å². The normalized spacial score (nSPS) is 12.6. The molecular weight excluding hydrogens is 248 g/mol. The van der Waals surface area contributed by atoms with Gasteiger partial charge in [-0.3, -0.25) is 0 Å². The van der Waals surface area contributed by atoms with Gasteiger partial charge in [0.05, 0.1) is 0 Å². The molecule has 1 rings (SSSR count). The highest BCUT2D eigenvalue weighted by molar-refractivity contribution is 9.10. The fourth-order valence-electron chi connectivity index (χ4n) is 1.02. The van der Waals surface area contributed by atoms with Crippen LogP contribution in [-0.4, -0.2) is 29.5 Å². The van der Waals surface area contributed by atoms with E-state index in [0.29, 0.717) is 0 Å². The summed E-state index contributed by atoms with van der Waals surface area (Å²) in [7, 11) is 0. The number of aliphatic hydroxyl groups is 1. The molecule has 0 saturated heterocycles. The van der Waals surface area contributed by atoms with E-state index >= 15 is 0 Å². The fraction of sp³-hybridized carbons (Fsp3) is 0.400. The van der Waals surface area contributed by atoms with Gasteiger partial charge in [-0.1, -0.05) is 15.9 Å². The van der Waals surface area contributed by atoms with Gasteiger partial charge in [0.1, 0.15) is 12.4 Å². The van der Waals surface area contributed by atoms with E-state index in [-0.39, 0.29) is 13.2 Å². The lowest BCUT2D eigenvalue weighted by atomic mass is 10.2. The van der Waals surface area contributed by atoms with Crippen molar-refractivity contribution in [2.45, 2.75) is 13.0 Å². The fourth-order valence-corrected chi connectivity index (χ4v) is 1.50. The molecule has 0 aliphatic carbocycles. The summed E-state index contributed by atoms with van der Waals surface area (Å²) in [6.45, 7) is 2.08. The molecular formula is C10H14BrO3+. The smallest absolute Gasteiger partial charge is 0.173 e. The Bertz CT molecular complexity index is 301. The summed E-state index contributed by atoms with van der Waals surface area (Å²) in [5.74, 6) is 0.751. The molecule has 0 spiro atoms. The number of aliphatic hydroxyl groups excluding tert-OH is 1. The minimum atomic E-state index is -0.710. The van der Waals surface area contributed by atoms with E-state index in [0.717, 1.165) is 15.8 Å². The monoisotopic (exact) mass is 261 g/mol. The van der Waals surface area contributed by atoms with Gasteiger partial charge in [-0.25, -0.2) is 0 Å². The van der Waals surface area contributed by atoms with Crippen LogP contribution in [0.2, 0.25) is 0 Å². The Hall–Kier alpha value is -0.580. The maximum absolute atomic E-state index is 9.14. The van der Waals surface area contributed by atoms with Crippen LogP contribution in [0.3, 0.4) is 0 Å². The minimum Gasteiger partial charge on any atom is -0.490 e. The Morgan fingerprint density at radius 3 is 2.86 bits per heavy atom. The first-order valence-electron chi connectivity index (χ1n) is 4.35. The summed E-state index contributed by atoms with van der Waals surface area (Å²) in [4.78, 5) is 0. The molecule has 78 valence electrons. The Balaban J connectivity index is 2.59. The molecule has 0 fully saturated rings. The Labute approximate surface area is 91.5 Å². The SMILES string of the molecule is Cc1cc(Br)ccc1OC[C@H](O)C[OH2+]. The number of ether oxygens (including phenoxy) is 1. The van der Waals surface area contributed by atoms with E-state index in [1.54, 1.807) is 0 Å². The molecule has 0 radical (unpaired) electrons. The average molecular weight is 262 g/mol. The molecule has 0 aliphatic rings. The molecule has 0 saturated carbocycles. The van der Waals surface area contributed by atoms with Crippen LogP contribution in [0, 0.1) is 6.92 Å². The zero-order valence-corrected chi connectivity index (χ0v) is 9.54. The van der Waals surface area contributed by atoms with Crippen LogP contribution in [0.4, 0.5) is 0 Å². The molecule has 0 unspecified atom stereocenters. The molecule has 0 aromatic heterocycles. The van der Waals surface area contributed by atoms with Gasteiger partial charge in [0.15, 0.2) is 12.7 Å². The van der Waals surface area contributed by atoms with Gasteiger partial charge in [-0.15, -0.1) is 0 Å². The Kier molecular flexibility index (Phi) is 4.38. The summed E-state index contributed by atoms with van der Waals surface area (Å²) in [6.07, 6.45) is -0.710. The second kappa shape index (κ2) is 5.34. The first-order valence-corrected chi connectivity index (χ1v) is 5.14. The molecule has 14 heavy (non-hydrogen) atoms. The van der Waals surface area contributed by atoms with E-state index < -0.39 is 6.10 Å². The summed E-state index contributed by atoms with van der Waals surface area (Å²) in [5, 5.41) is 16.1. The summed E-state index contributed by atoms with van der Waals surface area (Å²) >= 11 is 3.36. The molecule has 0 amide bonds. The summed E-state index contributed by atoms with van der Waals surface area (Å²) in [6, 6.07) is 5.67. The van der Waals surface area contributed by atoms with Gasteiger partial charge >= 0.3 is 0 Å². The van der Waals surface area contributed by atoms with Crippen LogP contribution in [0.5, 0.6) is 5.75 Å². The zero-order chi connectivity index (χ0) is 10.6. The number of halogens is 1. The van der Waals surface area contributed by atoms with Crippen LogP contribution >= 0.6 is 15.9 Å². The van der Waals surface area contributed by atoms with Gasteiger partial charge < -0.3 is 14.9 Å². The third kappa shape index (κ3) is 3.29. The average Bonchev–Trinajstić information content (AvgIpc) is 2.16. The third-order valence-corrected chi connectivity index (χ3v) is 2.30. The van der Waals surface area contributed by atoms with Gasteiger partial charge in [0.2, 0.25) is 0 Å². The Morgan fingerprint density at radius 1 is 1.57 bits per heavy atom. The molecule has 1 aromatic rings. The minimum absolute atomic E-state index is 0.0322. The first-order chi connectivity index (χ1) is 6.63. The van der Waals surface area contributed by atoms with Gasteiger partial charge in [0, 0.05) is 4.47 Å². The van der Waals surface area contributed by atoms with Crippen molar-refractivity contribution >= 4 is 15.9 Å². The van der Waals surface area contributed by atoms with Crippen molar-refractivity contribution in [1.82, 2.24) is 0 Å². The number of hydrogen-bond donors (Lipinski definition) is 1. The number of hydrogen-bond acceptors (Lipinski definition) is 2. The van der Waals surface area contributed by atoms with E-state index in [2.05, 4.69) is 15.9 Å². The van der Waals surface area contributed by atoms with Gasteiger partial charge in [-0.05, 0) is 30.7 Å². The summed E-state index contributed by atoms with van der Waals surface area (Å²) in [5.41, 5.74) is 1.01. The summed E-state index contributed by atoms with van der Waals surface area (Å²) < 4.78 is 6.36. The molecule has 3 nitrogen and oxygen atoms in total. The van der Waals surface area contributed by atoms with E-state index in [9.17, 15) is 0 Å². The van der Waals surface area contributed by atoms with Crippen molar-refractivity contribution in [2.75, 3.05) is 13.2 Å². The lowest BCUT2D eigenvalue weighted by molar-refractivity contribution is 0.0534. The van der Waals surface area contributed by atoms with Gasteiger partial charge in [-0.2, -0.15) is 0 Å². The van der Waals surface area contributed by atoms with Crippen molar-refractivity contribution in [2.24, 2.45) is 0 Å². The van der Waals surface area contributed by atoms with E-state index in [4.69, 9.17) is 14.9 Å². The molecule has 3 N–H and O–H groups in total. The van der Waals surface area contributed by atoms with Crippen LogP contribution < -0.4 is 4.74 Å². The predicted molar refractivity (Wildman–Crippen MR) is 58.9 cm³/mol. The molecule has 1 atom stereocenters. The molecule has 1 aromatic carbocycles. The molecule has 0 aliphatic heterocycles. The first kappa shape index (κ1) is 11.5. The predicted octanol–water partition coefficient (Wildman–Crippen LogP) is 1.22.